The third-order valence-corrected chi connectivity index (χ3v) is 7.19. The van der Waals surface area contributed by atoms with E-state index in [0.717, 1.165) is 19.3 Å². The summed E-state index contributed by atoms with van der Waals surface area (Å²) < 4.78 is 34.9. The highest BCUT2D eigenvalue weighted by Gasteiger charge is 2.32. The van der Waals surface area contributed by atoms with E-state index in [-0.39, 0.29) is 42.7 Å². The molecule has 0 N–H and O–H groups in total. The zero-order chi connectivity index (χ0) is 28.1. The Morgan fingerprint density at radius 2 is 1.79 bits per heavy atom. The van der Waals surface area contributed by atoms with Crippen molar-refractivity contribution in [3.8, 4) is 0 Å². The molecule has 2 aliphatic rings. The van der Waals surface area contributed by atoms with E-state index >= 15 is 0 Å². The number of hydrogen-bond donors (Lipinski definition) is 0. The molecule has 2 heterocycles. The first-order valence-corrected chi connectivity index (χ1v) is 13.7. The predicted octanol–water partition coefficient (Wildman–Crippen LogP) is 5.01. The average Bonchev–Trinajstić information content (AvgIpc) is 2.87. The quantitative estimate of drug-likeness (QED) is 0.317. The number of esters is 1. The minimum Gasteiger partial charge on any atom is -0.497 e. The molecule has 2 aliphatic heterocycles. The first-order valence-electron chi connectivity index (χ1n) is 13.7. The minimum atomic E-state index is -0.403. The molecular formula is C30H49NO7. The number of carbonyl (C=O) groups is 1. The molecule has 1 unspecified atom stereocenters. The Labute approximate surface area is 229 Å². The lowest BCUT2D eigenvalue weighted by Crippen LogP contribution is -2.46. The van der Waals surface area contributed by atoms with Gasteiger partial charge in [-0.15, -0.1) is 0 Å². The number of ether oxygens (including phenoxy) is 6. The summed E-state index contributed by atoms with van der Waals surface area (Å²) in [5, 5.41) is 0. The number of rotatable bonds is 8. The van der Waals surface area contributed by atoms with Crippen LogP contribution in [0, 0.1) is 11.8 Å². The lowest BCUT2D eigenvalue weighted by atomic mass is 9.88. The number of nitrogens with zero attached hydrogens (tertiary/aromatic N) is 1. The van der Waals surface area contributed by atoms with Crippen molar-refractivity contribution in [2.75, 3.05) is 35.4 Å². The summed E-state index contributed by atoms with van der Waals surface area (Å²) >= 11 is 0. The molecule has 8 nitrogen and oxygen atoms in total. The van der Waals surface area contributed by atoms with Crippen molar-refractivity contribution < 1.29 is 33.2 Å². The summed E-state index contributed by atoms with van der Waals surface area (Å²) in [5.41, 5.74) is 0. The van der Waals surface area contributed by atoms with Gasteiger partial charge in [0.1, 0.15) is 11.9 Å². The molecule has 0 aromatic carbocycles. The van der Waals surface area contributed by atoms with Gasteiger partial charge in [-0.1, -0.05) is 31.2 Å². The molecule has 0 aliphatic carbocycles. The Bertz CT molecular complexity index is 817. The number of carbonyl (C=O) groups excluding carboxylic acids is 1. The Morgan fingerprint density at radius 1 is 1.05 bits per heavy atom. The van der Waals surface area contributed by atoms with Gasteiger partial charge in [-0.2, -0.15) is 0 Å². The lowest BCUT2D eigenvalue weighted by molar-refractivity contribution is -0.224. The zero-order valence-electron chi connectivity index (χ0n) is 24.5. The second-order valence-electron chi connectivity index (χ2n) is 10.5. The summed E-state index contributed by atoms with van der Waals surface area (Å²) in [4.78, 5) is 14.5. The molecule has 0 radical (unpaired) electrons. The van der Waals surface area contributed by atoms with Crippen molar-refractivity contribution in [3.05, 3.63) is 48.3 Å². The number of likely N-dealkylation sites (N-methyl/N-ethyl adjacent to an activating group) is 1. The maximum absolute atomic E-state index is 12.3. The van der Waals surface area contributed by atoms with Crippen molar-refractivity contribution in [2.24, 2.45) is 11.8 Å². The summed E-state index contributed by atoms with van der Waals surface area (Å²) in [7, 11) is 9.05. The van der Waals surface area contributed by atoms with Gasteiger partial charge in [-0.25, -0.2) is 4.79 Å². The summed E-state index contributed by atoms with van der Waals surface area (Å²) in [6.45, 7) is 6.18. The first-order chi connectivity index (χ1) is 18.2. The van der Waals surface area contributed by atoms with Crippen LogP contribution >= 0.6 is 0 Å². The number of methoxy groups -OCH3 is 3. The van der Waals surface area contributed by atoms with E-state index in [0.29, 0.717) is 24.6 Å². The Morgan fingerprint density at radius 3 is 2.42 bits per heavy atom. The molecule has 0 amide bonds. The van der Waals surface area contributed by atoms with Gasteiger partial charge in [0.05, 0.1) is 19.3 Å². The van der Waals surface area contributed by atoms with Crippen molar-refractivity contribution in [1.29, 1.82) is 0 Å². The monoisotopic (exact) mass is 535 g/mol. The smallest absolute Gasteiger partial charge is 0.331 e. The van der Waals surface area contributed by atoms with Gasteiger partial charge in [0.25, 0.3) is 0 Å². The van der Waals surface area contributed by atoms with Crippen molar-refractivity contribution >= 4 is 5.97 Å². The van der Waals surface area contributed by atoms with Crippen LogP contribution < -0.4 is 0 Å². The molecular weight excluding hydrogens is 486 g/mol. The Kier molecular flexibility index (Phi) is 14.3. The predicted molar refractivity (Wildman–Crippen MR) is 148 cm³/mol. The van der Waals surface area contributed by atoms with Crippen LogP contribution in [0.3, 0.4) is 0 Å². The SMILES string of the molecule is COC1=C\[C@@H](CC(OC)OC)C[C@@H](C)[C@@H](OC2CC[C@H](N(C)C)[C@@H](C)O2)/C=C/C=C/C[C@@H](C)OC(=O)\C=C\1. The minimum absolute atomic E-state index is 0.0386. The van der Waals surface area contributed by atoms with Crippen LogP contribution in [-0.2, 0) is 33.2 Å². The maximum atomic E-state index is 12.3. The van der Waals surface area contributed by atoms with Gasteiger partial charge in [-0.3, -0.25) is 0 Å². The average molecular weight is 536 g/mol. The highest BCUT2D eigenvalue weighted by Crippen LogP contribution is 2.30. The van der Waals surface area contributed by atoms with Gasteiger partial charge in [-0.05, 0) is 71.2 Å². The van der Waals surface area contributed by atoms with Gasteiger partial charge in [0, 0.05) is 39.2 Å². The largest absolute Gasteiger partial charge is 0.497 e. The lowest BCUT2D eigenvalue weighted by Gasteiger charge is -2.39. The van der Waals surface area contributed by atoms with Gasteiger partial charge in [0.15, 0.2) is 12.6 Å². The molecule has 1 fully saturated rings. The molecule has 7 atom stereocenters. The van der Waals surface area contributed by atoms with Crippen LogP contribution in [0.4, 0.5) is 0 Å². The van der Waals surface area contributed by atoms with E-state index in [9.17, 15) is 4.79 Å². The topological polar surface area (TPSA) is 75.7 Å². The van der Waals surface area contributed by atoms with Crippen LogP contribution in [-0.4, -0.2) is 83.2 Å². The molecule has 0 saturated carbocycles. The molecule has 216 valence electrons. The second kappa shape index (κ2) is 16.9. The fourth-order valence-corrected chi connectivity index (χ4v) is 5.02. The van der Waals surface area contributed by atoms with Crippen molar-refractivity contribution in [1.82, 2.24) is 4.90 Å². The summed E-state index contributed by atoms with van der Waals surface area (Å²) in [6, 6.07) is 0.383. The van der Waals surface area contributed by atoms with Crippen LogP contribution in [0.5, 0.6) is 0 Å². The van der Waals surface area contributed by atoms with E-state index in [2.05, 4.69) is 38.9 Å². The van der Waals surface area contributed by atoms with E-state index in [4.69, 9.17) is 28.4 Å². The second-order valence-corrected chi connectivity index (χ2v) is 10.5. The summed E-state index contributed by atoms with van der Waals surface area (Å²) in [5.74, 6) is 0.369. The van der Waals surface area contributed by atoms with Crippen molar-refractivity contribution in [3.63, 3.8) is 0 Å². The number of allylic oxidation sites excluding steroid dienone is 4. The van der Waals surface area contributed by atoms with E-state index in [1.807, 2.05) is 31.2 Å². The molecule has 0 aromatic rings. The van der Waals surface area contributed by atoms with Gasteiger partial charge >= 0.3 is 5.97 Å². The number of cyclic esters (lactones) is 1. The third kappa shape index (κ3) is 11.0. The van der Waals surface area contributed by atoms with Crippen LogP contribution in [0.25, 0.3) is 0 Å². The van der Waals surface area contributed by atoms with Gasteiger partial charge in [0.2, 0.25) is 0 Å². The normalized spacial score (nSPS) is 35.8. The third-order valence-electron chi connectivity index (χ3n) is 7.19. The zero-order valence-corrected chi connectivity index (χ0v) is 24.5. The van der Waals surface area contributed by atoms with Gasteiger partial charge < -0.3 is 33.3 Å². The van der Waals surface area contributed by atoms with E-state index in [1.54, 1.807) is 27.4 Å². The highest BCUT2D eigenvalue weighted by atomic mass is 16.7. The molecule has 8 heteroatoms. The van der Waals surface area contributed by atoms with Crippen LogP contribution in [0.2, 0.25) is 0 Å². The van der Waals surface area contributed by atoms with E-state index < -0.39 is 5.97 Å². The fraction of sp³-hybridized carbons (Fsp3) is 0.700. The summed E-state index contributed by atoms with van der Waals surface area (Å²) in [6.07, 6.45) is 16.1. The molecule has 38 heavy (non-hydrogen) atoms. The maximum Gasteiger partial charge on any atom is 0.331 e. The molecule has 0 aromatic heterocycles. The molecule has 0 spiro atoms. The Balaban J connectivity index is 2.31. The first kappa shape index (κ1) is 32.2. The van der Waals surface area contributed by atoms with Crippen LogP contribution in [0.15, 0.2) is 48.3 Å². The number of hydrogen-bond acceptors (Lipinski definition) is 8. The van der Waals surface area contributed by atoms with Crippen molar-refractivity contribution in [2.45, 2.75) is 89.8 Å². The molecule has 0 bridgehead atoms. The van der Waals surface area contributed by atoms with Crippen LogP contribution in [0.1, 0.15) is 52.9 Å². The Hall–Kier alpha value is -1.97. The molecule has 2 rings (SSSR count). The van der Waals surface area contributed by atoms with E-state index in [1.165, 1.54) is 6.08 Å². The molecule has 1 saturated heterocycles. The highest BCUT2D eigenvalue weighted by molar-refractivity contribution is 5.82. The fourth-order valence-electron chi connectivity index (χ4n) is 5.02. The standard InChI is InChI=1S/C30H49NO7/c1-21-18-24(20-30(34-7)35-8)19-25(33-6)14-16-28(32)36-22(2)12-10-9-11-13-27(21)38-29-17-15-26(31(4)5)23(3)37-29/h9-11,13-14,16,19,21-24,26-27,29-30H,12,15,17-18,20H2,1-8H3/b10-9+,13-11+,16-14+,25-19-/t21-,22-,23-,24+,26+,27+,29?/m1/s1.